The Balaban J connectivity index is 1.68. The van der Waals surface area contributed by atoms with Gasteiger partial charge in [-0.3, -0.25) is 4.79 Å². The van der Waals surface area contributed by atoms with Crippen LogP contribution >= 0.6 is 0 Å². The molecule has 0 aromatic carbocycles. The lowest BCUT2D eigenvalue weighted by atomic mass is 9.83. The number of piperidine rings is 1. The summed E-state index contributed by atoms with van der Waals surface area (Å²) in [5.41, 5.74) is 0.624. The quantitative estimate of drug-likeness (QED) is 0.806. The molecular weight excluding hydrogens is 242 g/mol. The van der Waals surface area contributed by atoms with Crippen molar-refractivity contribution in [3.05, 3.63) is 24.0 Å². The summed E-state index contributed by atoms with van der Waals surface area (Å²) in [4.78, 5) is 14.3. The van der Waals surface area contributed by atoms with Crippen LogP contribution in [0.15, 0.2) is 18.5 Å². The number of carbonyl (C=O) groups is 1. The van der Waals surface area contributed by atoms with Gasteiger partial charge in [0, 0.05) is 19.0 Å². The van der Waals surface area contributed by atoms with E-state index >= 15 is 0 Å². The smallest absolute Gasteiger partial charge is 0.255 e. The Morgan fingerprint density at radius 3 is 3.16 bits per heavy atom. The van der Waals surface area contributed by atoms with Gasteiger partial charge in [-0.05, 0) is 24.8 Å². The van der Waals surface area contributed by atoms with E-state index in [2.05, 4.69) is 17.1 Å². The number of amides is 1. The molecule has 1 aromatic rings. The highest BCUT2D eigenvalue weighted by molar-refractivity contribution is 5.93. The fraction of sp³-hybridized carbons (Fsp3) is 0.643. The van der Waals surface area contributed by atoms with Crippen LogP contribution in [-0.4, -0.2) is 46.8 Å². The molecule has 2 aliphatic heterocycles. The first kappa shape index (κ1) is 12.5. The number of hydrogen-bond donors (Lipinski definition) is 0. The summed E-state index contributed by atoms with van der Waals surface area (Å²) in [7, 11) is 0. The third-order valence-corrected chi connectivity index (χ3v) is 4.32. The first-order chi connectivity index (χ1) is 9.29. The van der Waals surface area contributed by atoms with Crippen molar-refractivity contribution in [1.29, 1.82) is 0 Å². The molecule has 0 radical (unpaired) electrons. The molecule has 5 heteroatoms. The highest BCUT2D eigenvalue weighted by Gasteiger charge is 2.40. The topological polar surface area (TPSA) is 55.3 Å². The van der Waals surface area contributed by atoms with E-state index in [1.165, 1.54) is 6.20 Å². The normalized spacial score (nSPS) is 30.2. The standard InChI is InChI=1S/C14H19N3O2/c1-2-13-12-4-6-17(8-11(12)9-19-13)14(18)10-3-5-15-16-7-10/h3,5,7,11-13H,2,4,6,8-9H2,1H3/t11-,12-,13-/m0/s1. The van der Waals surface area contributed by atoms with Gasteiger partial charge in [0.2, 0.25) is 0 Å². The molecule has 0 bridgehead atoms. The van der Waals surface area contributed by atoms with Crippen molar-refractivity contribution in [1.82, 2.24) is 15.1 Å². The van der Waals surface area contributed by atoms with Crippen LogP contribution in [0.2, 0.25) is 0 Å². The molecule has 0 aliphatic carbocycles. The van der Waals surface area contributed by atoms with E-state index in [0.717, 1.165) is 32.5 Å². The Morgan fingerprint density at radius 1 is 1.53 bits per heavy atom. The van der Waals surface area contributed by atoms with Crippen molar-refractivity contribution < 1.29 is 9.53 Å². The first-order valence-electron chi connectivity index (χ1n) is 6.97. The summed E-state index contributed by atoms with van der Waals surface area (Å²) < 4.78 is 5.82. The second-order valence-corrected chi connectivity index (χ2v) is 5.37. The van der Waals surface area contributed by atoms with Gasteiger partial charge in [-0.25, -0.2) is 0 Å². The second-order valence-electron chi connectivity index (χ2n) is 5.37. The Morgan fingerprint density at radius 2 is 2.42 bits per heavy atom. The van der Waals surface area contributed by atoms with Gasteiger partial charge >= 0.3 is 0 Å². The molecule has 0 N–H and O–H groups in total. The van der Waals surface area contributed by atoms with E-state index in [1.807, 2.05) is 4.90 Å². The molecular formula is C14H19N3O2. The number of aromatic nitrogens is 2. The van der Waals surface area contributed by atoms with E-state index in [9.17, 15) is 4.79 Å². The Hall–Kier alpha value is -1.49. The van der Waals surface area contributed by atoms with Crippen molar-refractivity contribution in [2.75, 3.05) is 19.7 Å². The summed E-state index contributed by atoms with van der Waals surface area (Å²) in [5, 5.41) is 7.48. The lowest BCUT2D eigenvalue weighted by Gasteiger charge is -2.35. The SMILES string of the molecule is CC[C@@H]1OC[C@@H]2CN(C(=O)c3ccnnc3)CC[C@@H]21. The molecule has 19 heavy (non-hydrogen) atoms. The predicted molar refractivity (Wildman–Crippen MR) is 69.6 cm³/mol. The monoisotopic (exact) mass is 261 g/mol. The first-order valence-corrected chi connectivity index (χ1v) is 6.97. The number of rotatable bonds is 2. The van der Waals surface area contributed by atoms with Crippen molar-refractivity contribution in [3.8, 4) is 0 Å². The van der Waals surface area contributed by atoms with Gasteiger partial charge in [0.1, 0.15) is 0 Å². The summed E-state index contributed by atoms with van der Waals surface area (Å²) in [6.07, 6.45) is 5.61. The van der Waals surface area contributed by atoms with Crippen LogP contribution in [0.4, 0.5) is 0 Å². The largest absolute Gasteiger partial charge is 0.378 e. The number of likely N-dealkylation sites (tertiary alicyclic amines) is 1. The Labute approximate surface area is 113 Å². The van der Waals surface area contributed by atoms with Crippen LogP contribution in [0.25, 0.3) is 0 Å². The van der Waals surface area contributed by atoms with Gasteiger partial charge in [0.15, 0.2) is 0 Å². The molecule has 2 aliphatic rings. The van der Waals surface area contributed by atoms with Gasteiger partial charge in [0.25, 0.3) is 5.91 Å². The van der Waals surface area contributed by atoms with E-state index in [-0.39, 0.29) is 5.91 Å². The Kier molecular flexibility index (Phi) is 3.46. The molecule has 2 fully saturated rings. The molecule has 0 saturated carbocycles. The second kappa shape index (κ2) is 5.25. The molecule has 3 heterocycles. The molecule has 1 aromatic heterocycles. The maximum absolute atomic E-state index is 12.4. The minimum atomic E-state index is 0.0632. The van der Waals surface area contributed by atoms with Gasteiger partial charge < -0.3 is 9.64 Å². The lowest BCUT2D eigenvalue weighted by molar-refractivity contribution is 0.0607. The van der Waals surface area contributed by atoms with Crippen molar-refractivity contribution >= 4 is 5.91 Å². The minimum absolute atomic E-state index is 0.0632. The van der Waals surface area contributed by atoms with Crippen LogP contribution < -0.4 is 0 Å². The number of nitrogens with zero attached hydrogens (tertiary/aromatic N) is 3. The van der Waals surface area contributed by atoms with Gasteiger partial charge in [-0.2, -0.15) is 10.2 Å². The van der Waals surface area contributed by atoms with Crippen LogP contribution in [0.5, 0.6) is 0 Å². The predicted octanol–water partition coefficient (Wildman–Crippen LogP) is 1.36. The molecule has 3 atom stereocenters. The van der Waals surface area contributed by atoms with Crippen LogP contribution in [0.1, 0.15) is 30.1 Å². The van der Waals surface area contributed by atoms with E-state index < -0.39 is 0 Å². The molecule has 0 spiro atoms. The molecule has 3 rings (SSSR count). The highest BCUT2D eigenvalue weighted by atomic mass is 16.5. The fourth-order valence-corrected chi connectivity index (χ4v) is 3.29. The maximum atomic E-state index is 12.4. The molecule has 5 nitrogen and oxygen atoms in total. The molecule has 0 unspecified atom stereocenters. The van der Waals surface area contributed by atoms with E-state index in [4.69, 9.17) is 4.74 Å². The lowest BCUT2D eigenvalue weighted by Crippen LogP contribution is -2.44. The van der Waals surface area contributed by atoms with Crippen molar-refractivity contribution in [2.24, 2.45) is 11.8 Å². The molecule has 2 saturated heterocycles. The molecule has 1 amide bonds. The number of ether oxygens (including phenoxy) is 1. The third-order valence-electron chi connectivity index (χ3n) is 4.32. The van der Waals surface area contributed by atoms with Crippen LogP contribution in [0.3, 0.4) is 0 Å². The minimum Gasteiger partial charge on any atom is -0.378 e. The summed E-state index contributed by atoms with van der Waals surface area (Å²) in [6.45, 7) is 4.60. The van der Waals surface area contributed by atoms with Gasteiger partial charge in [0.05, 0.1) is 30.7 Å². The number of hydrogen-bond acceptors (Lipinski definition) is 4. The third kappa shape index (κ3) is 2.34. The summed E-state index contributed by atoms with van der Waals surface area (Å²) in [5.74, 6) is 1.19. The zero-order chi connectivity index (χ0) is 13.2. The summed E-state index contributed by atoms with van der Waals surface area (Å²) >= 11 is 0. The Bertz CT molecular complexity index is 451. The fourth-order valence-electron chi connectivity index (χ4n) is 3.29. The van der Waals surface area contributed by atoms with Crippen molar-refractivity contribution in [3.63, 3.8) is 0 Å². The number of carbonyl (C=O) groups excluding carboxylic acids is 1. The zero-order valence-electron chi connectivity index (χ0n) is 11.2. The zero-order valence-corrected chi connectivity index (χ0v) is 11.2. The molecule has 102 valence electrons. The van der Waals surface area contributed by atoms with Gasteiger partial charge in [-0.15, -0.1) is 0 Å². The van der Waals surface area contributed by atoms with Crippen LogP contribution in [-0.2, 0) is 4.74 Å². The van der Waals surface area contributed by atoms with Crippen LogP contribution in [0, 0.1) is 11.8 Å². The average molecular weight is 261 g/mol. The van der Waals surface area contributed by atoms with E-state index in [0.29, 0.717) is 23.5 Å². The average Bonchev–Trinajstić information content (AvgIpc) is 2.89. The summed E-state index contributed by atoms with van der Waals surface area (Å²) in [6, 6.07) is 1.72. The highest BCUT2D eigenvalue weighted by Crippen LogP contribution is 2.35. The maximum Gasteiger partial charge on any atom is 0.255 e. The van der Waals surface area contributed by atoms with Crippen molar-refractivity contribution in [2.45, 2.75) is 25.9 Å². The van der Waals surface area contributed by atoms with E-state index in [1.54, 1.807) is 12.3 Å². The van der Waals surface area contributed by atoms with Gasteiger partial charge in [-0.1, -0.05) is 6.92 Å². The number of fused-ring (bicyclic) bond motifs is 1.